The Bertz CT molecular complexity index is 579. The Hall–Kier alpha value is -1.09. The monoisotopic (exact) mass is 320 g/mol. The molecule has 0 bridgehead atoms. The second kappa shape index (κ2) is 7.26. The van der Waals surface area contributed by atoms with Gasteiger partial charge in [-0.1, -0.05) is 12.1 Å². The summed E-state index contributed by atoms with van der Waals surface area (Å²) in [6.07, 6.45) is -1.90. The third-order valence-electron chi connectivity index (χ3n) is 3.17. The van der Waals surface area contributed by atoms with Crippen molar-refractivity contribution in [1.82, 2.24) is 10.0 Å². The van der Waals surface area contributed by atoms with E-state index in [0.717, 1.165) is 17.7 Å². The molecule has 0 saturated carbocycles. The Morgan fingerprint density at radius 2 is 2.19 bits per heavy atom. The van der Waals surface area contributed by atoms with Crippen molar-refractivity contribution in [2.75, 3.05) is 26.3 Å². The minimum atomic E-state index is -3.65. The van der Waals surface area contributed by atoms with E-state index in [4.69, 9.17) is 0 Å². The lowest BCUT2D eigenvalue weighted by atomic mass is 10.0. The van der Waals surface area contributed by atoms with Gasteiger partial charge in [0.25, 0.3) is 6.43 Å². The zero-order valence-electron chi connectivity index (χ0n) is 11.4. The second-order valence-corrected chi connectivity index (χ2v) is 6.42. The van der Waals surface area contributed by atoms with Gasteiger partial charge in [0.1, 0.15) is 6.61 Å². The van der Waals surface area contributed by atoms with Crippen LogP contribution in [0.3, 0.4) is 0 Å². The fraction of sp³-hybridized carbons (Fsp3) is 0.538. The molecule has 0 spiro atoms. The van der Waals surface area contributed by atoms with Gasteiger partial charge in [-0.2, -0.15) is 0 Å². The topological polar surface area (TPSA) is 67.4 Å². The van der Waals surface area contributed by atoms with Crippen LogP contribution in [0.4, 0.5) is 8.78 Å². The Morgan fingerprint density at radius 3 is 2.95 bits per heavy atom. The normalized spacial score (nSPS) is 15.2. The van der Waals surface area contributed by atoms with Crippen molar-refractivity contribution in [2.45, 2.75) is 24.3 Å². The van der Waals surface area contributed by atoms with Crippen molar-refractivity contribution in [2.24, 2.45) is 0 Å². The number of ether oxygens (including phenoxy) is 1. The van der Waals surface area contributed by atoms with Crippen molar-refractivity contribution in [3.63, 3.8) is 0 Å². The summed E-state index contributed by atoms with van der Waals surface area (Å²) in [5, 5.41) is 3.18. The molecule has 8 heteroatoms. The Morgan fingerprint density at radius 1 is 1.38 bits per heavy atom. The molecular formula is C13H18F2N2O3S. The molecule has 5 nitrogen and oxygen atoms in total. The van der Waals surface area contributed by atoms with Crippen LogP contribution in [0.25, 0.3) is 0 Å². The molecule has 0 radical (unpaired) electrons. The Kier molecular flexibility index (Phi) is 5.63. The van der Waals surface area contributed by atoms with Gasteiger partial charge in [0.15, 0.2) is 0 Å². The summed E-state index contributed by atoms with van der Waals surface area (Å²) >= 11 is 0. The molecule has 2 rings (SSSR count). The van der Waals surface area contributed by atoms with Gasteiger partial charge in [-0.15, -0.1) is 0 Å². The van der Waals surface area contributed by atoms with Crippen LogP contribution in [0.1, 0.15) is 11.1 Å². The quantitative estimate of drug-likeness (QED) is 0.732. The molecule has 118 valence electrons. The molecule has 21 heavy (non-hydrogen) atoms. The largest absolute Gasteiger partial charge is 0.374 e. The molecule has 1 aromatic carbocycles. The van der Waals surface area contributed by atoms with E-state index in [1.807, 2.05) is 6.07 Å². The minimum Gasteiger partial charge on any atom is -0.374 e. The number of nitrogens with one attached hydrogen (secondary N) is 2. The number of fused-ring (bicyclic) bond motifs is 1. The standard InChI is InChI=1S/C13H18F2N2O3S/c14-13(15)9-20-7-6-17-21(18,19)12-3-1-2-10-8-16-5-4-11(10)12/h1-3,13,16-17H,4-9H2. The zero-order valence-corrected chi connectivity index (χ0v) is 12.3. The van der Waals surface area contributed by atoms with E-state index in [0.29, 0.717) is 13.0 Å². The summed E-state index contributed by atoms with van der Waals surface area (Å²) < 4.78 is 55.3. The molecule has 0 saturated heterocycles. The number of benzene rings is 1. The van der Waals surface area contributed by atoms with Gasteiger partial charge in [0.05, 0.1) is 11.5 Å². The van der Waals surface area contributed by atoms with Gasteiger partial charge in [-0.05, 0) is 30.2 Å². The lowest BCUT2D eigenvalue weighted by Gasteiger charge is -2.20. The van der Waals surface area contributed by atoms with Crippen molar-refractivity contribution >= 4 is 10.0 Å². The molecule has 0 fully saturated rings. The third kappa shape index (κ3) is 4.44. The molecule has 0 unspecified atom stereocenters. The summed E-state index contributed by atoms with van der Waals surface area (Å²) in [5.74, 6) is 0. The number of hydrogen-bond donors (Lipinski definition) is 2. The van der Waals surface area contributed by atoms with Gasteiger partial charge < -0.3 is 10.1 Å². The molecule has 0 aliphatic carbocycles. The van der Waals surface area contributed by atoms with E-state index in [1.54, 1.807) is 12.1 Å². The number of sulfonamides is 1. The fourth-order valence-electron chi connectivity index (χ4n) is 2.25. The predicted octanol–water partition coefficient (Wildman–Crippen LogP) is 0.892. The van der Waals surface area contributed by atoms with Crippen LogP contribution in [0.2, 0.25) is 0 Å². The van der Waals surface area contributed by atoms with Gasteiger partial charge in [0.2, 0.25) is 10.0 Å². The van der Waals surface area contributed by atoms with Crippen molar-refractivity contribution in [1.29, 1.82) is 0 Å². The van der Waals surface area contributed by atoms with E-state index >= 15 is 0 Å². The first-order valence-corrected chi connectivity index (χ1v) is 8.16. The molecule has 2 N–H and O–H groups in total. The highest BCUT2D eigenvalue weighted by molar-refractivity contribution is 7.89. The first kappa shape index (κ1) is 16.3. The maximum atomic E-state index is 12.3. The van der Waals surface area contributed by atoms with Crippen LogP contribution < -0.4 is 10.0 Å². The van der Waals surface area contributed by atoms with Crippen LogP contribution in [-0.2, 0) is 27.7 Å². The average molecular weight is 320 g/mol. The predicted molar refractivity (Wildman–Crippen MR) is 73.9 cm³/mol. The van der Waals surface area contributed by atoms with E-state index in [9.17, 15) is 17.2 Å². The number of rotatable bonds is 7. The molecule has 1 heterocycles. The van der Waals surface area contributed by atoms with Crippen LogP contribution in [0, 0.1) is 0 Å². The van der Waals surface area contributed by atoms with Crippen molar-refractivity contribution in [3.8, 4) is 0 Å². The third-order valence-corrected chi connectivity index (χ3v) is 4.71. The molecular weight excluding hydrogens is 302 g/mol. The lowest BCUT2D eigenvalue weighted by Crippen LogP contribution is -2.31. The average Bonchev–Trinajstić information content (AvgIpc) is 2.46. The van der Waals surface area contributed by atoms with Gasteiger partial charge in [-0.3, -0.25) is 0 Å². The van der Waals surface area contributed by atoms with E-state index < -0.39 is 23.1 Å². The second-order valence-electron chi connectivity index (χ2n) is 4.68. The summed E-state index contributed by atoms with van der Waals surface area (Å²) in [5.41, 5.74) is 1.79. The SMILES string of the molecule is O=S(=O)(NCCOCC(F)F)c1cccc2c1CCNC2. The van der Waals surface area contributed by atoms with E-state index in [-0.39, 0.29) is 18.0 Å². The Balaban J connectivity index is 2.00. The lowest BCUT2D eigenvalue weighted by molar-refractivity contribution is 0.0199. The summed E-state index contributed by atoms with van der Waals surface area (Å²) in [6.45, 7) is 0.582. The fourth-order valence-corrected chi connectivity index (χ4v) is 3.57. The highest BCUT2D eigenvalue weighted by Crippen LogP contribution is 2.22. The van der Waals surface area contributed by atoms with Crippen LogP contribution >= 0.6 is 0 Å². The summed E-state index contributed by atoms with van der Waals surface area (Å²) in [6, 6.07) is 5.16. The van der Waals surface area contributed by atoms with Crippen LogP contribution in [0.5, 0.6) is 0 Å². The first-order valence-electron chi connectivity index (χ1n) is 6.68. The maximum absolute atomic E-state index is 12.3. The van der Waals surface area contributed by atoms with Gasteiger partial charge in [-0.25, -0.2) is 21.9 Å². The highest BCUT2D eigenvalue weighted by Gasteiger charge is 2.21. The van der Waals surface area contributed by atoms with E-state index in [1.165, 1.54) is 0 Å². The van der Waals surface area contributed by atoms with Crippen molar-refractivity contribution in [3.05, 3.63) is 29.3 Å². The minimum absolute atomic E-state index is 0.0308. The van der Waals surface area contributed by atoms with E-state index in [2.05, 4.69) is 14.8 Å². The molecule has 1 aliphatic rings. The molecule has 1 aromatic rings. The van der Waals surface area contributed by atoms with Gasteiger partial charge in [0, 0.05) is 13.1 Å². The maximum Gasteiger partial charge on any atom is 0.261 e. The highest BCUT2D eigenvalue weighted by atomic mass is 32.2. The molecule has 1 aliphatic heterocycles. The smallest absolute Gasteiger partial charge is 0.261 e. The number of alkyl halides is 2. The summed E-state index contributed by atoms with van der Waals surface area (Å²) in [7, 11) is -3.65. The number of halogens is 2. The molecule has 0 aromatic heterocycles. The van der Waals surface area contributed by atoms with Gasteiger partial charge >= 0.3 is 0 Å². The zero-order chi connectivity index (χ0) is 15.3. The number of hydrogen-bond acceptors (Lipinski definition) is 4. The molecule has 0 atom stereocenters. The Labute approximate surface area is 122 Å². The van der Waals surface area contributed by atoms with Crippen LogP contribution in [0.15, 0.2) is 23.1 Å². The molecule has 0 amide bonds. The van der Waals surface area contributed by atoms with Crippen LogP contribution in [-0.4, -0.2) is 41.1 Å². The first-order chi connectivity index (χ1) is 10.0. The van der Waals surface area contributed by atoms with Crippen molar-refractivity contribution < 1.29 is 21.9 Å². The summed E-state index contributed by atoms with van der Waals surface area (Å²) in [4.78, 5) is 0.260.